The van der Waals surface area contributed by atoms with Gasteiger partial charge in [0.1, 0.15) is 5.82 Å². The molecule has 3 rings (SSSR count). The third-order valence-corrected chi connectivity index (χ3v) is 4.55. The molecule has 2 aliphatic rings. The zero-order valence-electron chi connectivity index (χ0n) is 10.9. The average Bonchev–Trinajstić information content (AvgIpc) is 2.96. The number of hydrogen-bond donors (Lipinski definition) is 1. The molecule has 2 N–H and O–H groups in total. The van der Waals surface area contributed by atoms with Gasteiger partial charge in [0.15, 0.2) is 0 Å². The second-order valence-corrected chi connectivity index (χ2v) is 5.74. The minimum absolute atomic E-state index is 0.276. The van der Waals surface area contributed by atoms with Gasteiger partial charge in [0.25, 0.3) is 0 Å². The molecule has 19 heavy (non-hydrogen) atoms. The lowest BCUT2D eigenvalue weighted by Crippen LogP contribution is -2.38. The summed E-state index contributed by atoms with van der Waals surface area (Å²) in [5.41, 5.74) is 6.17. The maximum absolute atomic E-state index is 12.8. The Kier molecular flexibility index (Phi) is 3.54. The summed E-state index contributed by atoms with van der Waals surface area (Å²) < 4.78 is 26.5. The zero-order valence-corrected chi connectivity index (χ0v) is 10.9. The lowest BCUT2D eigenvalue weighted by atomic mass is 9.78. The van der Waals surface area contributed by atoms with Gasteiger partial charge >= 0.3 is 6.55 Å². The molecule has 3 unspecified atom stereocenters. The van der Waals surface area contributed by atoms with E-state index in [0.29, 0.717) is 24.2 Å². The maximum Gasteiger partial charge on any atom is 0.319 e. The minimum Gasteiger partial charge on any atom is -0.327 e. The molecule has 2 heterocycles. The molecule has 1 saturated heterocycles. The molecule has 0 amide bonds. The van der Waals surface area contributed by atoms with Crippen molar-refractivity contribution in [3.05, 3.63) is 18.2 Å². The Bertz CT molecular complexity index is 434. The van der Waals surface area contributed by atoms with Crippen molar-refractivity contribution < 1.29 is 8.78 Å². The highest BCUT2D eigenvalue weighted by atomic mass is 19.3. The fourth-order valence-electron chi connectivity index (χ4n) is 3.58. The van der Waals surface area contributed by atoms with Gasteiger partial charge in [0.05, 0.1) is 6.54 Å². The van der Waals surface area contributed by atoms with Gasteiger partial charge in [0, 0.05) is 31.5 Å². The maximum atomic E-state index is 12.8. The highest BCUT2D eigenvalue weighted by Gasteiger charge is 2.38. The van der Waals surface area contributed by atoms with Crippen LogP contribution < -0.4 is 5.73 Å². The van der Waals surface area contributed by atoms with Gasteiger partial charge in [-0.1, -0.05) is 6.42 Å². The van der Waals surface area contributed by atoms with E-state index in [1.54, 1.807) is 0 Å². The van der Waals surface area contributed by atoms with Gasteiger partial charge in [-0.05, 0) is 24.7 Å². The van der Waals surface area contributed by atoms with Crippen LogP contribution in [0.2, 0.25) is 0 Å². The first-order chi connectivity index (χ1) is 9.15. The SMILES string of the molecule is NC1CCCC2CN(Cc3nccn3C(F)F)CC12. The highest BCUT2D eigenvalue weighted by Crippen LogP contribution is 2.36. The lowest BCUT2D eigenvalue weighted by Gasteiger charge is -2.29. The number of fused-ring (bicyclic) bond motifs is 1. The van der Waals surface area contributed by atoms with E-state index >= 15 is 0 Å². The number of likely N-dealkylation sites (tertiary alicyclic amines) is 1. The summed E-state index contributed by atoms with van der Waals surface area (Å²) in [6.45, 7) is -0.127. The van der Waals surface area contributed by atoms with Crippen LogP contribution in [0.5, 0.6) is 0 Å². The number of nitrogens with zero attached hydrogens (tertiary/aromatic N) is 3. The number of nitrogens with two attached hydrogens (primary N) is 1. The molecule has 3 atom stereocenters. The number of aromatic nitrogens is 2. The second kappa shape index (κ2) is 5.17. The highest BCUT2D eigenvalue weighted by molar-refractivity contribution is 4.98. The van der Waals surface area contributed by atoms with Crippen molar-refractivity contribution in [1.29, 1.82) is 0 Å². The molecule has 0 bridgehead atoms. The average molecular weight is 270 g/mol. The van der Waals surface area contributed by atoms with Gasteiger partial charge in [-0.3, -0.25) is 9.47 Å². The van der Waals surface area contributed by atoms with Crippen molar-refractivity contribution >= 4 is 0 Å². The molecule has 1 aromatic heterocycles. The molecule has 106 valence electrons. The van der Waals surface area contributed by atoms with Crippen molar-refractivity contribution in [2.75, 3.05) is 13.1 Å². The fourth-order valence-corrected chi connectivity index (χ4v) is 3.58. The number of rotatable bonds is 3. The third-order valence-electron chi connectivity index (χ3n) is 4.55. The van der Waals surface area contributed by atoms with E-state index in [-0.39, 0.29) is 6.04 Å². The molecule has 0 spiro atoms. The molecule has 6 heteroatoms. The zero-order chi connectivity index (χ0) is 13.4. The van der Waals surface area contributed by atoms with Gasteiger partial charge in [0.2, 0.25) is 0 Å². The van der Waals surface area contributed by atoms with E-state index in [4.69, 9.17) is 5.73 Å². The van der Waals surface area contributed by atoms with Gasteiger partial charge in [-0.15, -0.1) is 0 Å². The van der Waals surface area contributed by atoms with Crippen LogP contribution in [0.4, 0.5) is 8.78 Å². The van der Waals surface area contributed by atoms with Crippen molar-refractivity contribution in [3.8, 4) is 0 Å². The van der Waals surface area contributed by atoms with Crippen LogP contribution in [0, 0.1) is 11.8 Å². The molecule has 1 aliphatic carbocycles. The van der Waals surface area contributed by atoms with Crippen LogP contribution in [-0.4, -0.2) is 33.6 Å². The number of alkyl halides is 2. The molecular formula is C13H20F2N4. The van der Waals surface area contributed by atoms with E-state index in [2.05, 4.69) is 9.88 Å². The largest absolute Gasteiger partial charge is 0.327 e. The summed E-state index contributed by atoms with van der Waals surface area (Å²) in [7, 11) is 0. The van der Waals surface area contributed by atoms with Crippen LogP contribution in [-0.2, 0) is 6.54 Å². The first-order valence-corrected chi connectivity index (χ1v) is 6.93. The Labute approximate surface area is 111 Å². The van der Waals surface area contributed by atoms with E-state index in [0.717, 1.165) is 24.1 Å². The van der Waals surface area contributed by atoms with Gasteiger partial charge in [-0.25, -0.2) is 4.98 Å². The summed E-state index contributed by atoms with van der Waals surface area (Å²) >= 11 is 0. The minimum atomic E-state index is -2.51. The monoisotopic (exact) mass is 270 g/mol. The van der Waals surface area contributed by atoms with Crippen molar-refractivity contribution in [2.24, 2.45) is 17.6 Å². The lowest BCUT2D eigenvalue weighted by molar-refractivity contribution is 0.0644. The normalized spacial score (nSPS) is 31.9. The van der Waals surface area contributed by atoms with E-state index < -0.39 is 6.55 Å². The van der Waals surface area contributed by atoms with Crippen LogP contribution in [0.3, 0.4) is 0 Å². The topological polar surface area (TPSA) is 47.1 Å². The summed E-state index contributed by atoms with van der Waals surface area (Å²) in [5, 5.41) is 0. The summed E-state index contributed by atoms with van der Waals surface area (Å²) in [6, 6.07) is 0.276. The van der Waals surface area contributed by atoms with Gasteiger partial charge < -0.3 is 5.73 Å². The fraction of sp³-hybridized carbons (Fsp3) is 0.769. The predicted octanol–water partition coefficient (Wildman–Crippen LogP) is 1.84. The smallest absolute Gasteiger partial charge is 0.319 e. The van der Waals surface area contributed by atoms with Crippen molar-refractivity contribution in [1.82, 2.24) is 14.5 Å². The Morgan fingerprint density at radius 1 is 1.37 bits per heavy atom. The van der Waals surface area contributed by atoms with E-state index in [9.17, 15) is 8.78 Å². The molecule has 1 saturated carbocycles. The molecule has 1 aromatic rings. The van der Waals surface area contributed by atoms with Crippen LogP contribution in [0.25, 0.3) is 0 Å². The second-order valence-electron chi connectivity index (χ2n) is 5.74. The predicted molar refractivity (Wildman–Crippen MR) is 67.6 cm³/mol. The Morgan fingerprint density at radius 2 is 2.21 bits per heavy atom. The molecular weight excluding hydrogens is 250 g/mol. The summed E-state index contributed by atoms with van der Waals surface area (Å²) in [4.78, 5) is 6.27. The number of imidazole rings is 1. The van der Waals surface area contributed by atoms with E-state index in [1.165, 1.54) is 25.2 Å². The molecule has 0 aromatic carbocycles. The number of halogens is 2. The van der Waals surface area contributed by atoms with Crippen molar-refractivity contribution in [3.63, 3.8) is 0 Å². The van der Waals surface area contributed by atoms with Gasteiger partial charge in [-0.2, -0.15) is 8.78 Å². The van der Waals surface area contributed by atoms with Crippen LogP contribution in [0.15, 0.2) is 12.4 Å². The molecule has 4 nitrogen and oxygen atoms in total. The standard InChI is InChI=1S/C13H20F2N4/c14-13(15)19-5-4-17-12(19)8-18-6-9-2-1-3-11(16)10(9)7-18/h4-5,9-11,13H,1-3,6-8,16H2. The summed E-state index contributed by atoms with van der Waals surface area (Å²) in [6.07, 6.45) is 6.30. The quantitative estimate of drug-likeness (QED) is 0.911. The molecule has 2 fully saturated rings. The first kappa shape index (κ1) is 13.0. The first-order valence-electron chi connectivity index (χ1n) is 6.93. The Balaban J connectivity index is 1.67. The Morgan fingerprint density at radius 3 is 2.95 bits per heavy atom. The molecule has 0 radical (unpaired) electrons. The number of hydrogen-bond acceptors (Lipinski definition) is 3. The Hall–Kier alpha value is -1.01. The third kappa shape index (κ3) is 2.51. The van der Waals surface area contributed by atoms with Crippen LogP contribution in [0.1, 0.15) is 31.6 Å². The van der Waals surface area contributed by atoms with E-state index in [1.807, 2.05) is 0 Å². The molecule has 1 aliphatic heterocycles. The van der Waals surface area contributed by atoms with Crippen molar-refractivity contribution in [2.45, 2.75) is 38.4 Å². The summed E-state index contributed by atoms with van der Waals surface area (Å²) in [5.74, 6) is 1.62. The van der Waals surface area contributed by atoms with Crippen LogP contribution >= 0.6 is 0 Å².